The number of rotatable bonds is 5. The summed E-state index contributed by atoms with van der Waals surface area (Å²) in [5.74, 6) is 0.532. The van der Waals surface area contributed by atoms with Gasteiger partial charge in [0.05, 0.1) is 0 Å². The highest BCUT2D eigenvalue weighted by atomic mass is 35.5. The number of nitrogens with two attached hydrogens (primary N) is 1. The standard InChI is InChI=1S/C11H16N2O2.ClH/c1-9(7-12)13-11(14)8-15-10-5-3-2-4-6-10;/h2-6,9H,7-8,12H2,1H3,(H,13,14);1H/t9-;/m0./s1. The Hall–Kier alpha value is -1.26. The lowest BCUT2D eigenvalue weighted by molar-refractivity contribution is -0.123. The van der Waals surface area contributed by atoms with Crippen molar-refractivity contribution in [2.75, 3.05) is 13.2 Å². The fraction of sp³-hybridized carbons (Fsp3) is 0.364. The number of hydrogen-bond acceptors (Lipinski definition) is 3. The second-order valence-corrected chi connectivity index (χ2v) is 3.31. The molecular weight excluding hydrogens is 228 g/mol. The van der Waals surface area contributed by atoms with E-state index in [0.717, 1.165) is 0 Å². The number of carbonyl (C=O) groups excluding carboxylic acids is 1. The zero-order valence-electron chi connectivity index (χ0n) is 9.18. The van der Waals surface area contributed by atoms with Crippen molar-refractivity contribution in [2.24, 2.45) is 5.73 Å². The monoisotopic (exact) mass is 244 g/mol. The van der Waals surface area contributed by atoms with Crippen LogP contribution in [0.2, 0.25) is 0 Å². The fourth-order valence-electron chi connectivity index (χ4n) is 1.04. The second kappa shape index (κ2) is 7.96. The van der Waals surface area contributed by atoms with Crippen LogP contribution in [0, 0.1) is 0 Å². The average molecular weight is 245 g/mol. The van der Waals surface area contributed by atoms with E-state index in [1.807, 2.05) is 25.1 Å². The SMILES string of the molecule is C[C@@H](CN)NC(=O)COc1ccccc1.Cl. The van der Waals surface area contributed by atoms with Crippen LogP contribution in [0.5, 0.6) is 5.75 Å². The highest BCUT2D eigenvalue weighted by molar-refractivity contribution is 5.85. The first-order valence-electron chi connectivity index (χ1n) is 4.89. The molecule has 0 saturated heterocycles. The Morgan fingerprint density at radius 2 is 2.06 bits per heavy atom. The molecule has 1 rings (SSSR count). The molecule has 90 valence electrons. The van der Waals surface area contributed by atoms with Gasteiger partial charge in [0.2, 0.25) is 0 Å². The summed E-state index contributed by atoms with van der Waals surface area (Å²) in [6.07, 6.45) is 0. The molecule has 0 heterocycles. The first-order chi connectivity index (χ1) is 7.22. The van der Waals surface area contributed by atoms with Crippen LogP contribution < -0.4 is 15.8 Å². The van der Waals surface area contributed by atoms with E-state index in [0.29, 0.717) is 12.3 Å². The minimum Gasteiger partial charge on any atom is -0.484 e. The van der Waals surface area contributed by atoms with E-state index in [1.54, 1.807) is 12.1 Å². The van der Waals surface area contributed by atoms with Crippen LogP contribution in [0.1, 0.15) is 6.92 Å². The summed E-state index contributed by atoms with van der Waals surface area (Å²) >= 11 is 0. The van der Waals surface area contributed by atoms with Crippen molar-refractivity contribution in [1.82, 2.24) is 5.32 Å². The van der Waals surface area contributed by atoms with Gasteiger partial charge in [-0.3, -0.25) is 4.79 Å². The molecule has 1 atom stereocenters. The summed E-state index contributed by atoms with van der Waals surface area (Å²) in [6.45, 7) is 2.30. The molecule has 0 aromatic heterocycles. The molecule has 0 aliphatic heterocycles. The van der Waals surface area contributed by atoms with Crippen molar-refractivity contribution >= 4 is 18.3 Å². The molecule has 0 aliphatic rings. The van der Waals surface area contributed by atoms with Gasteiger partial charge in [0, 0.05) is 12.6 Å². The van der Waals surface area contributed by atoms with E-state index in [1.165, 1.54) is 0 Å². The Labute approximate surface area is 102 Å². The number of nitrogens with one attached hydrogen (secondary N) is 1. The normalized spacial score (nSPS) is 11.1. The summed E-state index contributed by atoms with van der Waals surface area (Å²) in [6, 6.07) is 9.20. The predicted molar refractivity (Wildman–Crippen MR) is 65.8 cm³/mol. The molecule has 1 aromatic carbocycles. The summed E-state index contributed by atoms with van der Waals surface area (Å²) in [4.78, 5) is 11.3. The third kappa shape index (κ3) is 5.58. The van der Waals surface area contributed by atoms with Crippen molar-refractivity contribution in [2.45, 2.75) is 13.0 Å². The molecule has 3 N–H and O–H groups in total. The number of ether oxygens (including phenoxy) is 1. The minimum atomic E-state index is -0.156. The van der Waals surface area contributed by atoms with Gasteiger partial charge in [-0.1, -0.05) is 18.2 Å². The van der Waals surface area contributed by atoms with Gasteiger partial charge in [0.15, 0.2) is 6.61 Å². The van der Waals surface area contributed by atoms with E-state index < -0.39 is 0 Å². The molecule has 0 unspecified atom stereocenters. The predicted octanol–water partition coefficient (Wildman–Crippen LogP) is 0.951. The lowest BCUT2D eigenvalue weighted by Gasteiger charge is -2.11. The van der Waals surface area contributed by atoms with Gasteiger partial charge in [-0.05, 0) is 19.1 Å². The molecule has 0 radical (unpaired) electrons. The Morgan fingerprint density at radius 1 is 1.44 bits per heavy atom. The number of hydrogen-bond donors (Lipinski definition) is 2. The minimum absolute atomic E-state index is 0. The van der Waals surface area contributed by atoms with Crippen LogP contribution >= 0.6 is 12.4 Å². The summed E-state index contributed by atoms with van der Waals surface area (Å²) in [7, 11) is 0. The third-order valence-electron chi connectivity index (χ3n) is 1.87. The molecule has 0 bridgehead atoms. The van der Waals surface area contributed by atoms with Crippen LogP contribution in [-0.2, 0) is 4.79 Å². The molecule has 1 amide bonds. The molecule has 0 fully saturated rings. The highest BCUT2D eigenvalue weighted by Gasteiger charge is 2.05. The van der Waals surface area contributed by atoms with Gasteiger partial charge in [-0.15, -0.1) is 12.4 Å². The number of para-hydroxylation sites is 1. The highest BCUT2D eigenvalue weighted by Crippen LogP contribution is 2.07. The quantitative estimate of drug-likeness (QED) is 0.811. The van der Waals surface area contributed by atoms with Crippen molar-refractivity contribution in [3.05, 3.63) is 30.3 Å². The second-order valence-electron chi connectivity index (χ2n) is 3.31. The van der Waals surface area contributed by atoms with Crippen molar-refractivity contribution in [1.29, 1.82) is 0 Å². The van der Waals surface area contributed by atoms with Gasteiger partial charge >= 0.3 is 0 Å². The van der Waals surface area contributed by atoms with Gasteiger partial charge in [-0.2, -0.15) is 0 Å². The van der Waals surface area contributed by atoms with E-state index in [-0.39, 0.29) is 31.0 Å². The Bertz CT molecular complexity index is 306. The summed E-state index contributed by atoms with van der Waals surface area (Å²) in [5, 5.41) is 2.71. The molecule has 1 aromatic rings. The lowest BCUT2D eigenvalue weighted by Crippen LogP contribution is -2.40. The topological polar surface area (TPSA) is 64.3 Å². The third-order valence-corrected chi connectivity index (χ3v) is 1.87. The number of carbonyl (C=O) groups is 1. The van der Waals surface area contributed by atoms with Gasteiger partial charge in [0.1, 0.15) is 5.75 Å². The van der Waals surface area contributed by atoms with Gasteiger partial charge < -0.3 is 15.8 Å². The smallest absolute Gasteiger partial charge is 0.258 e. The average Bonchev–Trinajstić information content (AvgIpc) is 2.27. The first kappa shape index (κ1) is 14.7. The van der Waals surface area contributed by atoms with Gasteiger partial charge in [0.25, 0.3) is 5.91 Å². The molecule has 5 heteroatoms. The van der Waals surface area contributed by atoms with Gasteiger partial charge in [-0.25, -0.2) is 0 Å². The number of benzene rings is 1. The fourth-order valence-corrected chi connectivity index (χ4v) is 1.04. The lowest BCUT2D eigenvalue weighted by atomic mass is 10.3. The Morgan fingerprint density at radius 3 is 2.62 bits per heavy atom. The largest absolute Gasteiger partial charge is 0.484 e. The Balaban J connectivity index is 0.00000225. The molecule has 0 spiro atoms. The summed E-state index contributed by atoms with van der Waals surface area (Å²) < 4.78 is 5.26. The first-order valence-corrected chi connectivity index (χ1v) is 4.89. The molecule has 16 heavy (non-hydrogen) atoms. The number of halogens is 1. The van der Waals surface area contributed by atoms with Crippen LogP contribution in [0.25, 0.3) is 0 Å². The maximum absolute atomic E-state index is 11.3. The maximum atomic E-state index is 11.3. The molecule has 0 saturated carbocycles. The van der Waals surface area contributed by atoms with Crippen LogP contribution in [0.4, 0.5) is 0 Å². The van der Waals surface area contributed by atoms with Crippen LogP contribution in [-0.4, -0.2) is 25.1 Å². The number of amides is 1. The zero-order valence-corrected chi connectivity index (χ0v) is 10.00. The van der Waals surface area contributed by atoms with Crippen molar-refractivity contribution < 1.29 is 9.53 Å². The van der Waals surface area contributed by atoms with E-state index in [9.17, 15) is 4.79 Å². The van der Waals surface area contributed by atoms with Crippen LogP contribution in [0.3, 0.4) is 0 Å². The summed E-state index contributed by atoms with van der Waals surface area (Å²) in [5.41, 5.74) is 5.37. The van der Waals surface area contributed by atoms with E-state index in [4.69, 9.17) is 10.5 Å². The molecular formula is C11H17ClN2O2. The van der Waals surface area contributed by atoms with E-state index in [2.05, 4.69) is 5.32 Å². The van der Waals surface area contributed by atoms with Crippen LogP contribution in [0.15, 0.2) is 30.3 Å². The molecule has 0 aliphatic carbocycles. The Kier molecular flexibility index (Phi) is 7.33. The zero-order chi connectivity index (χ0) is 11.1. The molecule has 4 nitrogen and oxygen atoms in total. The maximum Gasteiger partial charge on any atom is 0.258 e. The van der Waals surface area contributed by atoms with E-state index >= 15 is 0 Å². The van der Waals surface area contributed by atoms with Crippen molar-refractivity contribution in [3.8, 4) is 5.75 Å². The van der Waals surface area contributed by atoms with Crippen molar-refractivity contribution in [3.63, 3.8) is 0 Å².